The molecule has 0 bridgehead atoms. The van der Waals surface area contributed by atoms with Crippen molar-refractivity contribution in [3.05, 3.63) is 94.6 Å². The van der Waals surface area contributed by atoms with E-state index in [2.05, 4.69) is 4.98 Å². The number of amides is 1. The summed E-state index contributed by atoms with van der Waals surface area (Å²) in [6.45, 7) is -1.36. The highest BCUT2D eigenvalue weighted by molar-refractivity contribution is 7.89. The highest BCUT2D eigenvalue weighted by Gasteiger charge is 2.33. The molecule has 37 heavy (non-hydrogen) atoms. The Morgan fingerprint density at radius 2 is 1.76 bits per heavy atom. The number of nitrogens with one attached hydrogen (secondary N) is 1. The Morgan fingerprint density at radius 1 is 1.05 bits per heavy atom. The standard InChI is InChI=1S/C23H18F5N3O5S/c1-36-17-9-13(5-7-19(32)30-33)4-6-14(17)11-31(12-15-3-2-8-29-23(15)28)37(34,35)18-10-16(24)20(25)22(27)21(18)26/h2-10,33H,11-12H2,1H3,(H,30,32)/b7-5+. The van der Waals surface area contributed by atoms with Gasteiger partial charge in [-0.1, -0.05) is 18.2 Å². The Kier molecular flexibility index (Phi) is 8.57. The fraction of sp³-hybridized carbons (Fsp3) is 0.130. The summed E-state index contributed by atoms with van der Waals surface area (Å²) in [5, 5.41) is 8.57. The molecule has 0 spiro atoms. The number of hydroxylamine groups is 1. The second-order valence-electron chi connectivity index (χ2n) is 7.41. The number of nitrogens with zero attached hydrogens (tertiary/aromatic N) is 2. The minimum absolute atomic E-state index is 0.00693. The zero-order valence-corrected chi connectivity index (χ0v) is 19.7. The van der Waals surface area contributed by atoms with Crippen molar-refractivity contribution in [1.82, 2.24) is 14.8 Å². The molecule has 0 aliphatic carbocycles. The second-order valence-corrected chi connectivity index (χ2v) is 9.31. The molecule has 0 saturated heterocycles. The first kappa shape index (κ1) is 27.7. The minimum atomic E-state index is -5.10. The Hall–Kier alpha value is -3.88. The maximum absolute atomic E-state index is 14.5. The number of halogens is 5. The molecule has 0 aliphatic heterocycles. The van der Waals surface area contributed by atoms with Crippen molar-refractivity contribution in [2.45, 2.75) is 18.0 Å². The van der Waals surface area contributed by atoms with Gasteiger partial charge < -0.3 is 4.74 Å². The lowest BCUT2D eigenvalue weighted by molar-refractivity contribution is -0.124. The van der Waals surface area contributed by atoms with Crippen LogP contribution in [0.2, 0.25) is 0 Å². The first-order valence-corrected chi connectivity index (χ1v) is 11.6. The number of hydrogen-bond donors (Lipinski definition) is 2. The van der Waals surface area contributed by atoms with E-state index in [1.165, 1.54) is 49.0 Å². The van der Waals surface area contributed by atoms with Crippen molar-refractivity contribution < 1.29 is 45.1 Å². The van der Waals surface area contributed by atoms with Crippen LogP contribution in [0.3, 0.4) is 0 Å². The molecule has 0 atom stereocenters. The lowest BCUT2D eigenvalue weighted by atomic mass is 10.1. The first-order valence-electron chi connectivity index (χ1n) is 10.2. The van der Waals surface area contributed by atoms with Crippen molar-refractivity contribution in [2.24, 2.45) is 0 Å². The van der Waals surface area contributed by atoms with Gasteiger partial charge in [0.2, 0.25) is 16.0 Å². The van der Waals surface area contributed by atoms with Gasteiger partial charge in [0.25, 0.3) is 5.91 Å². The number of benzene rings is 2. The summed E-state index contributed by atoms with van der Waals surface area (Å²) in [5.74, 6) is -10.4. The lowest BCUT2D eigenvalue weighted by Gasteiger charge is -2.24. The summed E-state index contributed by atoms with van der Waals surface area (Å²) >= 11 is 0. The van der Waals surface area contributed by atoms with Gasteiger partial charge in [-0.2, -0.15) is 8.70 Å². The zero-order valence-electron chi connectivity index (χ0n) is 18.9. The van der Waals surface area contributed by atoms with E-state index in [0.29, 0.717) is 9.87 Å². The van der Waals surface area contributed by atoms with Gasteiger partial charge in [0.05, 0.1) is 7.11 Å². The predicted octanol–water partition coefficient (Wildman–Crippen LogP) is 3.70. The van der Waals surface area contributed by atoms with Gasteiger partial charge in [-0.25, -0.2) is 36.4 Å². The van der Waals surface area contributed by atoms with E-state index in [4.69, 9.17) is 9.94 Å². The highest BCUT2D eigenvalue weighted by Crippen LogP contribution is 2.30. The van der Waals surface area contributed by atoms with Gasteiger partial charge in [-0.05, 0) is 23.8 Å². The number of carbonyl (C=O) groups excluding carboxylic acids is 1. The van der Waals surface area contributed by atoms with E-state index in [1.54, 1.807) is 0 Å². The maximum Gasteiger partial charge on any atom is 0.267 e. The summed E-state index contributed by atoms with van der Waals surface area (Å²) in [4.78, 5) is 13.1. The van der Waals surface area contributed by atoms with Crippen LogP contribution in [0.25, 0.3) is 6.08 Å². The third kappa shape index (κ3) is 6.10. The molecule has 8 nitrogen and oxygen atoms in total. The molecule has 14 heteroatoms. The number of ether oxygens (including phenoxy) is 1. The molecule has 3 rings (SSSR count). The van der Waals surface area contributed by atoms with Crippen LogP contribution in [-0.2, 0) is 27.9 Å². The van der Waals surface area contributed by atoms with Crippen molar-refractivity contribution in [3.8, 4) is 5.75 Å². The van der Waals surface area contributed by atoms with E-state index in [9.17, 15) is 35.2 Å². The molecule has 1 amide bonds. The Balaban J connectivity index is 2.10. The number of aromatic nitrogens is 1. The predicted molar refractivity (Wildman–Crippen MR) is 119 cm³/mol. The van der Waals surface area contributed by atoms with Crippen LogP contribution in [-0.4, -0.2) is 35.9 Å². The van der Waals surface area contributed by atoms with Crippen molar-refractivity contribution >= 4 is 22.0 Å². The number of pyridine rings is 1. The molecule has 196 valence electrons. The van der Waals surface area contributed by atoms with Crippen LogP contribution >= 0.6 is 0 Å². The molecular formula is C23H18F5N3O5S. The fourth-order valence-electron chi connectivity index (χ4n) is 3.23. The van der Waals surface area contributed by atoms with Crippen LogP contribution in [0.5, 0.6) is 5.75 Å². The average molecular weight is 543 g/mol. The minimum Gasteiger partial charge on any atom is -0.496 e. The summed E-state index contributed by atoms with van der Waals surface area (Å²) in [7, 11) is -3.85. The second kappa shape index (κ2) is 11.5. The van der Waals surface area contributed by atoms with Crippen molar-refractivity contribution in [2.75, 3.05) is 7.11 Å². The Morgan fingerprint density at radius 3 is 2.41 bits per heavy atom. The van der Waals surface area contributed by atoms with Gasteiger partial charge >= 0.3 is 0 Å². The summed E-state index contributed by atoms with van der Waals surface area (Å²) < 4.78 is 102. The number of carbonyl (C=O) groups is 1. The van der Waals surface area contributed by atoms with Crippen LogP contribution in [0.4, 0.5) is 22.0 Å². The first-order chi connectivity index (χ1) is 17.5. The van der Waals surface area contributed by atoms with Gasteiger partial charge in [0.15, 0.2) is 23.3 Å². The van der Waals surface area contributed by atoms with Crippen LogP contribution in [0, 0.1) is 29.2 Å². The van der Waals surface area contributed by atoms with E-state index in [-0.39, 0.29) is 22.9 Å². The number of rotatable bonds is 9. The molecule has 1 heterocycles. The van der Waals surface area contributed by atoms with E-state index in [1.807, 2.05) is 0 Å². The molecule has 2 N–H and O–H groups in total. The normalized spacial score (nSPS) is 11.8. The van der Waals surface area contributed by atoms with Crippen molar-refractivity contribution in [1.29, 1.82) is 0 Å². The van der Waals surface area contributed by atoms with Gasteiger partial charge in [0, 0.05) is 42.6 Å². The third-order valence-electron chi connectivity index (χ3n) is 5.07. The number of methoxy groups -OCH3 is 1. The van der Waals surface area contributed by atoms with Gasteiger partial charge in [-0.3, -0.25) is 10.0 Å². The quantitative estimate of drug-likeness (QED) is 0.0811. The Labute approximate surface area is 207 Å². The third-order valence-corrected chi connectivity index (χ3v) is 6.86. The van der Waals surface area contributed by atoms with Crippen LogP contribution in [0.1, 0.15) is 16.7 Å². The molecule has 0 aliphatic rings. The number of sulfonamides is 1. The molecular weight excluding hydrogens is 525 g/mol. The molecule has 3 aromatic rings. The van der Waals surface area contributed by atoms with Crippen LogP contribution < -0.4 is 10.2 Å². The molecule has 0 radical (unpaired) electrons. The molecule has 2 aromatic carbocycles. The fourth-order valence-corrected chi connectivity index (χ4v) is 4.69. The van der Waals surface area contributed by atoms with E-state index in [0.717, 1.165) is 12.3 Å². The van der Waals surface area contributed by atoms with Gasteiger partial charge in [0.1, 0.15) is 10.6 Å². The average Bonchev–Trinajstić information content (AvgIpc) is 2.89. The lowest BCUT2D eigenvalue weighted by Crippen LogP contribution is -2.32. The van der Waals surface area contributed by atoms with Gasteiger partial charge in [-0.15, -0.1) is 0 Å². The molecule has 1 aromatic heterocycles. The van der Waals surface area contributed by atoms with Crippen molar-refractivity contribution in [3.63, 3.8) is 0 Å². The van der Waals surface area contributed by atoms with E-state index < -0.39 is 63.1 Å². The molecule has 0 fully saturated rings. The monoisotopic (exact) mass is 543 g/mol. The number of hydrogen-bond acceptors (Lipinski definition) is 6. The van der Waals surface area contributed by atoms with E-state index >= 15 is 0 Å². The molecule has 0 saturated carbocycles. The zero-order chi connectivity index (χ0) is 27.3. The highest BCUT2D eigenvalue weighted by atomic mass is 32.2. The molecule has 0 unspecified atom stereocenters. The topological polar surface area (TPSA) is 109 Å². The summed E-state index contributed by atoms with van der Waals surface area (Å²) in [5.41, 5.74) is 1.71. The Bertz CT molecular complexity index is 1470. The van der Waals surface area contributed by atoms with Crippen LogP contribution in [0.15, 0.2) is 53.6 Å². The maximum atomic E-state index is 14.5. The largest absolute Gasteiger partial charge is 0.496 e. The SMILES string of the molecule is COc1cc(/C=C/C(=O)NO)ccc1CN(Cc1cccnc1F)S(=O)(=O)c1cc(F)c(F)c(F)c1F. The smallest absolute Gasteiger partial charge is 0.267 e. The summed E-state index contributed by atoms with van der Waals surface area (Å²) in [6, 6.07) is 6.71. The summed E-state index contributed by atoms with van der Waals surface area (Å²) in [6.07, 6.45) is 3.40.